The van der Waals surface area contributed by atoms with Crippen molar-refractivity contribution in [1.82, 2.24) is 9.38 Å². The summed E-state index contributed by atoms with van der Waals surface area (Å²) in [6.07, 6.45) is 0. The Hall–Kier alpha value is -1.03. The number of aromatic nitrogens is 2. The van der Waals surface area contributed by atoms with Crippen molar-refractivity contribution in [3.05, 3.63) is 16.3 Å². The van der Waals surface area contributed by atoms with Crippen LogP contribution in [0.1, 0.15) is 16.3 Å². The molecule has 2 aromatic rings. The molecule has 0 aromatic carbocycles. The second kappa shape index (κ2) is 2.73. The molecular formula is C9H12N2OS. The number of methoxy groups -OCH3 is 1. The van der Waals surface area contributed by atoms with Crippen molar-refractivity contribution in [2.75, 3.05) is 7.11 Å². The number of imidazole rings is 1. The highest BCUT2D eigenvalue weighted by Gasteiger charge is 2.14. The molecule has 4 heteroatoms. The Balaban J connectivity index is 2.86. The van der Waals surface area contributed by atoms with Crippen LogP contribution in [-0.2, 0) is 0 Å². The molecule has 0 amide bonds. The summed E-state index contributed by atoms with van der Waals surface area (Å²) in [5.74, 6) is 0.858. The minimum absolute atomic E-state index is 0.858. The lowest BCUT2D eigenvalue weighted by Gasteiger charge is -1.99. The lowest BCUT2D eigenvalue weighted by Crippen LogP contribution is -1.92. The molecule has 2 rings (SSSR count). The van der Waals surface area contributed by atoms with Gasteiger partial charge in [0.05, 0.1) is 7.11 Å². The third-order valence-corrected chi connectivity index (χ3v) is 3.31. The lowest BCUT2D eigenvalue weighted by molar-refractivity contribution is 0.390. The summed E-state index contributed by atoms with van der Waals surface area (Å²) in [6.45, 7) is 6.15. The van der Waals surface area contributed by atoms with Crippen LogP contribution in [0.3, 0.4) is 0 Å². The first-order valence-corrected chi connectivity index (χ1v) is 4.96. The number of hydrogen-bond acceptors (Lipinski definition) is 3. The molecule has 13 heavy (non-hydrogen) atoms. The maximum absolute atomic E-state index is 5.30. The van der Waals surface area contributed by atoms with Crippen LogP contribution in [0.25, 0.3) is 4.96 Å². The Labute approximate surface area is 81.0 Å². The molecule has 0 fully saturated rings. The third-order valence-electron chi connectivity index (χ3n) is 2.25. The van der Waals surface area contributed by atoms with Gasteiger partial charge in [-0.2, -0.15) is 0 Å². The second-order valence-electron chi connectivity index (χ2n) is 3.07. The van der Waals surface area contributed by atoms with E-state index in [0.717, 1.165) is 16.5 Å². The molecule has 2 aromatic heterocycles. The van der Waals surface area contributed by atoms with Gasteiger partial charge < -0.3 is 4.74 Å². The van der Waals surface area contributed by atoms with Crippen molar-refractivity contribution >= 4 is 16.3 Å². The zero-order valence-corrected chi connectivity index (χ0v) is 9.03. The molecule has 0 bridgehead atoms. The largest absolute Gasteiger partial charge is 0.481 e. The van der Waals surface area contributed by atoms with E-state index in [1.165, 1.54) is 10.6 Å². The highest BCUT2D eigenvalue weighted by molar-refractivity contribution is 7.17. The first-order chi connectivity index (χ1) is 6.15. The van der Waals surface area contributed by atoms with E-state index >= 15 is 0 Å². The van der Waals surface area contributed by atoms with Crippen molar-refractivity contribution in [3.8, 4) is 5.88 Å². The molecule has 2 heterocycles. The molecule has 0 aliphatic heterocycles. The molecule has 0 N–H and O–H groups in total. The van der Waals surface area contributed by atoms with Crippen LogP contribution in [-0.4, -0.2) is 16.5 Å². The highest BCUT2D eigenvalue weighted by atomic mass is 32.1. The summed E-state index contributed by atoms with van der Waals surface area (Å²) in [6, 6.07) is 0. The van der Waals surface area contributed by atoms with E-state index in [1.54, 1.807) is 18.4 Å². The summed E-state index contributed by atoms with van der Waals surface area (Å²) < 4.78 is 7.36. The molecule has 0 saturated carbocycles. The van der Waals surface area contributed by atoms with Gasteiger partial charge in [-0.25, -0.2) is 4.98 Å². The van der Waals surface area contributed by atoms with Crippen molar-refractivity contribution in [2.45, 2.75) is 20.8 Å². The second-order valence-corrected chi connectivity index (χ2v) is 4.25. The van der Waals surface area contributed by atoms with E-state index in [2.05, 4.69) is 23.2 Å². The molecule has 0 atom stereocenters. The number of fused-ring (bicyclic) bond motifs is 1. The zero-order chi connectivity index (χ0) is 9.59. The van der Waals surface area contributed by atoms with Gasteiger partial charge in [-0.1, -0.05) is 0 Å². The number of aryl methyl sites for hydroxylation is 3. The van der Waals surface area contributed by atoms with Crippen LogP contribution in [0, 0.1) is 20.8 Å². The Bertz CT molecular complexity index is 456. The maximum atomic E-state index is 5.30. The molecular weight excluding hydrogens is 184 g/mol. The van der Waals surface area contributed by atoms with Crippen LogP contribution in [0.15, 0.2) is 0 Å². The predicted octanol–water partition coefficient (Wildman–Crippen LogP) is 2.33. The minimum Gasteiger partial charge on any atom is -0.481 e. The lowest BCUT2D eigenvalue weighted by atomic mass is 10.4. The molecule has 0 spiro atoms. The molecule has 0 saturated heterocycles. The minimum atomic E-state index is 0.858. The molecule has 0 aliphatic rings. The van der Waals surface area contributed by atoms with Crippen molar-refractivity contribution < 1.29 is 4.74 Å². The quantitative estimate of drug-likeness (QED) is 0.699. The van der Waals surface area contributed by atoms with Gasteiger partial charge in [0.1, 0.15) is 5.69 Å². The Morgan fingerprint density at radius 1 is 1.31 bits per heavy atom. The average Bonchev–Trinajstić information content (AvgIpc) is 2.51. The van der Waals surface area contributed by atoms with Crippen LogP contribution in [0.4, 0.5) is 0 Å². The first-order valence-electron chi connectivity index (χ1n) is 4.14. The number of thiazole rings is 1. The van der Waals surface area contributed by atoms with E-state index in [1.807, 2.05) is 6.92 Å². The normalized spacial score (nSPS) is 11.1. The van der Waals surface area contributed by atoms with Gasteiger partial charge in [0.2, 0.25) is 5.88 Å². The standard InChI is InChI=1S/C9H12N2OS/c1-5-8(12-4)11-6(2)7(3)13-9(11)10-5/h1-4H3. The fourth-order valence-corrected chi connectivity index (χ4v) is 2.47. The Kier molecular flexibility index (Phi) is 1.80. The molecule has 0 unspecified atom stereocenters. The number of nitrogens with zero attached hydrogens (tertiary/aromatic N) is 2. The van der Waals surface area contributed by atoms with Crippen LogP contribution in [0.5, 0.6) is 5.88 Å². The summed E-state index contributed by atoms with van der Waals surface area (Å²) in [5, 5.41) is 0. The molecule has 3 nitrogen and oxygen atoms in total. The van der Waals surface area contributed by atoms with E-state index < -0.39 is 0 Å². The van der Waals surface area contributed by atoms with E-state index in [0.29, 0.717) is 0 Å². The third kappa shape index (κ3) is 1.05. The monoisotopic (exact) mass is 196 g/mol. The van der Waals surface area contributed by atoms with Gasteiger partial charge in [-0.15, -0.1) is 11.3 Å². The van der Waals surface area contributed by atoms with Crippen molar-refractivity contribution in [1.29, 1.82) is 0 Å². The zero-order valence-electron chi connectivity index (χ0n) is 8.21. The van der Waals surface area contributed by atoms with Gasteiger partial charge in [-0.05, 0) is 20.8 Å². The number of rotatable bonds is 1. The van der Waals surface area contributed by atoms with Crippen molar-refractivity contribution in [3.63, 3.8) is 0 Å². The smallest absolute Gasteiger partial charge is 0.222 e. The number of hydrogen-bond donors (Lipinski definition) is 0. The van der Waals surface area contributed by atoms with Crippen LogP contribution in [0.2, 0.25) is 0 Å². The summed E-state index contributed by atoms with van der Waals surface area (Å²) in [4.78, 5) is 6.73. The molecule has 0 radical (unpaired) electrons. The topological polar surface area (TPSA) is 26.5 Å². The fraction of sp³-hybridized carbons (Fsp3) is 0.444. The van der Waals surface area contributed by atoms with E-state index in [9.17, 15) is 0 Å². The summed E-state index contributed by atoms with van der Waals surface area (Å²) in [5.41, 5.74) is 2.18. The van der Waals surface area contributed by atoms with Crippen LogP contribution >= 0.6 is 11.3 Å². The molecule has 0 aliphatic carbocycles. The average molecular weight is 196 g/mol. The summed E-state index contributed by atoms with van der Waals surface area (Å²) >= 11 is 1.70. The van der Waals surface area contributed by atoms with E-state index in [-0.39, 0.29) is 0 Å². The fourth-order valence-electron chi connectivity index (χ4n) is 1.46. The maximum Gasteiger partial charge on any atom is 0.222 e. The van der Waals surface area contributed by atoms with Crippen LogP contribution < -0.4 is 4.74 Å². The van der Waals surface area contributed by atoms with Gasteiger partial charge in [0.25, 0.3) is 0 Å². The molecule has 70 valence electrons. The first kappa shape index (κ1) is 8.56. The van der Waals surface area contributed by atoms with Gasteiger partial charge in [0.15, 0.2) is 4.96 Å². The summed E-state index contributed by atoms with van der Waals surface area (Å²) in [7, 11) is 1.68. The Morgan fingerprint density at radius 3 is 2.62 bits per heavy atom. The number of ether oxygens (including phenoxy) is 1. The van der Waals surface area contributed by atoms with Crippen molar-refractivity contribution in [2.24, 2.45) is 0 Å². The van der Waals surface area contributed by atoms with E-state index in [4.69, 9.17) is 4.74 Å². The SMILES string of the molecule is COc1c(C)nc2sc(C)c(C)n12. The van der Waals surface area contributed by atoms with Gasteiger partial charge in [-0.3, -0.25) is 4.40 Å². The predicted molar refractivity (Wildman–Crippen MR) is 53.8 cm³/mol. The van der Waals surface area contributed by atoms with Gasteiger partial charge >= 0.3 is 0 Å². The highest BCUT2D eigenvalue weighted by Crippen LogP contribution is 2.28. The Morgan fingerprint density at radius 2 is 2.00 bits per heavy atom. The van der Waals surface area contributed by atoms with Gasteiger partial charge in [0, 0.05) is 10.6 Å².